The van der Waals surface area contributed by atoms with E-state index in [1.165, 1.54) is 0 Å². The minimum Gasteiger partial charge on any atom is -0.406 e. The predicted octanol–water partition coefficient (Wildman–Crippen LogP) is 5.07. The highest BCUT2D eigenvalue weighted by Gasteiger charge is 2.33. The molecule has 0 atom stereocenters. The number of aromatic amines is 1. The van der Waals surface area contributed by atoms with Crippen LogP contribution in [0.15, 0.2) is 36.4 Å². The molecule has 0 saturated carbocycles. The maximum atomic E-state index is 13.7. The molecule has 1 heterocycles. The molecule has 1 aromatic heterocycles. The van der Waals surface area contributed by atoms with Crippen LogP contribution < -0.4 is 4.74 Å². The van der Waals surface area contributed by atoms with E-state index in [2.05, 4.69) is 20.1 Å². The zero-order chi connectivity index (χ0) is 21.4. The molecule has 0 bridgehead atoms. The first-order chi connectivity index (χ1) is 13.5. The van der Waals surface area contributed by atoms with E-state index in [1.807, 2.05) is 0 Å². The SMILES string of the molecule is N#Cc1[nH]nnc1-c1cc(OC(F)(F)F)cc(-c2cc(F)cc(C(F)(F)F)c2)c1. The van der Waals surface area contributed by atoms with Gasteiger partial charge in [-0.05, 0) is 47.5 Å². The Morgan fingerprint density at radius 2 is 1.55 bits per heavy atom. The number of halogens is 7. The third-order valence-electron chi connectivity index (χ3n) is 3.63. The summed E-state index contributed by atoms with van der Waals surface area (Å²) in [5.74, 6) is -2.03. The first-order valence-electron chi connectivity index (χ1n) is 7.57. The summed E-state index contributed by atoms with van der Waals surface area (Å²) in [6.07, 6.45) is -9.98. The van der Waals surface area contributed by atoms with Crippen molar-refractivity contribution in [2.45, 2.75) is 12.5 Å². The van der Waals surface area contributed by atoms with Crippen molar-refractivity contribution in [2.75, 3.05) is 0 Å². The molecule has 150 valence electrons. The fraction of sp³-hybridized carbons (Fsp3) is 0.118. The summed E-state index contributed by atoms with van der Waals surface area (Å²) in [4.78, 5) is 0. The first-order valence-corrected chi connectivity index (χ1v) is 7.57. The maximum Gasteiger partial charge on any atom is 0.573 e. The number of hydrogen-bond donors (Lipinski definition) is 1. The third kappa shape index (κ3) is 4.63. The molecule has 0 fully saturated rings. The van der Waals surface area contributed by atoms with Gasteiger partial charge in [0.15, 0.2) is 5.69 Å². The van der Waals surface area contributed by atoms with Gasteiger partial charge in [0.1, 0.15) is 23.3 Å². The van der Waals surface area contributed by atoms with Crippen molar-refractivity contribution in [1.82, 2.24) is 15.4 Å². The van der Waals surface area contributed by atoms with Crippen LogP contribution in [0, 0.1) is 17.1 Å². The van der Waals surface area contributed by atoms with Crippen molar-refractivity contribution >= 4 is 0 Å². The molecule has 0 unspecified atom stereocenters. The molecule has 0 amide bonds. The van der Waals surface area contributed by atoms with Gasteiger partial charge in [-0.15, -0.1) is 18.3 Å². The Morgan fingerprint density at radius 3 is 2.17 bits per heavy atom. The summed E-state index contributed by atoms with van der Waals surface area (Å²) in [7, 11) is 0. The highest BCUT2D eigenvalue weighted by molar-refractivity contribution is 5.75. The second-order valence-electron chi connectivity index (χ2n) is 5.67. The molecule has 0 spiro atoms. The van der Waals surface area contributed by atoms with Gasteiger partial charge in [-0.3, -0.25) is 0 Å². The van der Waals surface area contributed by atoms with Crippen molar-refractivity contribution in [2.24, 2.45) is 0 Å². The summed E-state index contributed by atoms with van der Waals surface area (Å²) in [5.41, 5.74) is -2.36. The number of nitriles is 1. The molecule has 0 aliphatic rings. The Morgan fingerprint density at radius 1 is 0.897 bits per heavy atom. The van der Waals surface area contributed by atoms with E-state index >= 15 is 0 Å². The lowest BCUT2D eigenvalue weighted by molar-refractivity contribution is -0.274. The second-order valence-corrected chi connectivity index (χ2v) is 5.67. The molecule has 0 aliphatic heterocycles. The lowest BCUT2D eigenvalue weighted by Crippen LogP contribution is -2.17. The Kier molecular flexibility index (Phi) is 4.91. The van der Waals surface area contributed by atoms with E-state index in [1.54, 1.807) is 6.07 Å². The van der Waals surface area contributed by atoms with E-state index in [4.69, 9.17) is 5.26 Å². The molecule has 3 aromatic rings. The molecule has 2 aromatic carbocycles. The van der Waals surface area contributed by atoms with Crippen LogP contribution in [0.5, 0.6) is 5.75 Å². The molecule has 5 nitrogen and oxygen atoms in total. The smallest absolute Gasteiger partial charge is 0.406 e. The van der Waals surface area contributed by atoms with Crippen LogP contribution in [0.4, 0.5) is 30.7 Å². The largest absolute Gasteiger partial charge is 0.573 e. The number of alkyl halides is 6. The monoisotopic (exact) mass is 416 g/mol. The van der Waals surface area contributed by atoms with Crippen molar-refractivity contribution in [1.29, 1.82) is 5.26 Å². The number of benzene rings is 2. The maximum absolute atomic E-state index is 13.7. The van der Waals surface area contributed by atoms with Crippen LogP contribution >= 0.6 is 0 Å². The van der Waals surface area contributed by atoms with E-state index in [0.717, 1.165) is 24.3 Å². The fourth-order valence-electron chi connectivity index (χ4n) is 2.52. The van der Waals surface area contributed by atoms with Crippen LogP contribution in [-0.4, -0.2) is 21.8 Å². The van der Waals surface area contributed by atoms with Gasteiger partial charge >= 0.3 is 12.5 Å². The molecule has 0 radical (unpaired) electrons. The van der Waals surface area contributed by atoms with Gasteiger partial charge in [0.05, 0.1) is 5.56 Å². The Labute approximate surface area is 157 Å². The summed E-state index contributed by atoms with van der Waals surface area (Å²) in [6, 6.07) is 6.04. The van der Waals surface area contributed by atoms with Crippen molar-refractivity contribution in [3.8, 4) is 34.2 Å². The molecule has 29 heavy (non-hydrogen) atoms. The molecule has 0 saturated heterocycles. The summed E-state index contributed by atoms with van der Waals surface area (Å²) >= 11 is 0. The van der Waals surface area contributed by atoms with Gasteiger partial charge < -0.3 is 4.74 Å². The molecular weight excluding hydrogens is 409 g/mol. The summed E-state index contributed by atoms with van der Waals surface area (Å²) in [6.45, 7) is 0. The summed E-state index contributed by atoms with van der Waals surface area (Å²) < 4.78 is 94.5. The molecule has 1 N–H and O–H groups in total. The lowest BCUT2D eigenvalue weighted by Gasteiger charge is -2.14. The second kappa shape index (κ2) is 7.08. The van der Waals surface area contributed by atoms with E-state index in [-0.39, 0.29) is 34.1 Å². The fourth-order valence-corrected chi connectivity index (χ4v) is 2.52. The number of H-pyrrole nitrogens is 1. The standard InChI is InChI=1S/C17H7F7N4O/c18-12-3-9(2-11(6-12)16(19,20)21)8-1-10(15-14(7-25)26-28-27-15)5-13(4-8)29-17(22,23)24/h1-6H,(H,26,27,28). The topological polar surface area (TPSA) is 74.6 Å². The normalized spacial score (nSPS) is 11.9. The Bertz CT molecular complexity index is 1100. The number of aromatic nitrogens is 3. The zero-order valence-electron chi connectivity index (χ0n) is 13.9. The number of rotatable bonds is 3. The van der Waals surface area contributed by atoms with Gasteiger partial charge in [-0.25, -0.2) is 9.49 Å². The van der Waals surface area contributed by atoms with Crippen molar-refractivity contribution in [3.05, 3.63) is 53.5 Å². The van der Waals surface area contributed by atoms with E-state index < -0.39 is 29.7 Å². The highest BCUT2D eigenvalue weighted by atomic mass is 19.4. The molecular formula is C17H7F7N4O. The third-order valence-corrected chi connectivity index (χ3v) is 3.63. The van der Waals surface area contributed by atoms with Crippen LogP contribution in [0.25, 0.3) is 22.4 Å². The minimum absolute atomic E-state index is 0.107. The number of hydrogen-bond acceptors (Lipinski definition) is 4. The first kappa shape index (κ1) is 20.1. The molecule has 0 aliphatic carbocycles. The van der Waals surface area contributed by atoms with E-state index in [9.17, 15) is 30.7 Å². The van der Waals surface area contributed by atoms with Crippen LogP contribution in [0.1, 0.15) is 11.3 Å². The van der Waals surface area contributed by atoms with E-state index in [0.29, 0.717) is 6.07 Å². The van der Waals surface area contributed by atoms with Crippen molar-refractivity contribution in [3.63, 3.8) is 0 Å². The quantitative estimate of drug-likeness (QED) is 0.606. The molecule has 12 heteroatoms. The minimum atomic E-state index is -5.10. The zero-order valence-corrected chi connectivity index (χ0v) is 13.9. The number of ether oxygens (including phenoxy) is 1. The van der Waals surface area contributed by atoms with Gasteiger partial charge in [0, 0.05) is 5.56 Å². The predicted molar refractivity (Wildman–Crippen MR) is 83.6 cm³/mol. The number of nitrogens with zero attached hydrogens (tertiary/aromatic N) is 3. The van der Waals surface area contributed by atoms with Gasteiger partial charge in [-0.1, -0.05) is 5.21 Å². The van der Waals surface area contributed by atoms with Gasteiger partial charge in [0.2, 0.25) is 0 Å². The lowest BCUT2D eigenvalue weighted by atomic mass is 9.98. The molecule has 3 rings (SSSR count). The van der Waals surface area contributed by atoms with Crippen LogP contribution in [0.2, 0.25) is 0 Å². The van der Waals surface area contributed by atoms with Crippen LogP contribution in [-0.2, 0) is 6.18 Å². The summed E-state index contributed by atoms with van der Waals surface area (Å²) in [5, 5.41) is 18.2. The Balaban J connectivity index is 2.21. The Hall–Kier alpha value is -3.62. The van der Waals surface area contributed by atoms with Crippen molar-refractivity contribution < 1.29 is 35.5 Å². The highest BCUT2D eigenvalue weighted by Crippen LogP contribution is 2.37. The average molecular weight is 416 g/mol. The van der Waals surface area contributed by atoms with Crippen LogP contribution in [0.3, 0.4) is 0 Å². The average Bonchev–Trinajstić information content (AvgIpc) is 3.07. The van der Waals surface area contributed by atoms with Gasteiger partial charge in [0.25, 0.3) is 0 Å². The van der Waals surface area contributed by atoms with Gasteiger partial charge in [-0.2, -0.15) is 18.4 Å². The number of nitrogens with one attached hydrogen (secondary N) is 1.